The highest BCUT2D eigenvalue weighted by Crippen LogP contribution is 2.39. The van der Waals surface area contributed by atoms with Crippen LogP contribution in [0.25, 0.3) is 0 Å². The molecular weight excluding hydrogens is 392 g/mol. The maximum absolute atomic E-state index is 12.6. The molecule has 1 aromatic rings. The standard InChI is InChI=1S/C18H28N2O3S2.ClH/c1-4-11-25(22,23)16-8-6-5-7-15(16)24-13(2)17(21)20-18(3,12-19)14-9-10-14;/h5-8,13-14H,4,9-12,19H2,1-3H3,(H,20,21);1H. The van der Waals surface area contributed by atoms with Crippen molar-refractivity contribution in [3.63, 3.8) is 0 Å². The Bertz CT molecular complexity index is 723. The summed E-state index contributed by atoms with van der Waals surface area (Å²) in [6.07, 6.45) is 2.74. The van der Waals surface area contributed by atoms with Crippen LogP contribution in [0.5, 0.6) is 0 Å². The number of nitrogens with one attached hydrogen (secondary N) is 1. The largest absolute Gasteiger partial charge is 0.348 e. The average molecular weight is 421 g/mol. The molecule has 0 saturated heterocycles. The van der Waals surface area contributed by atoms with Gasteiger partial charge < -0.3 is 11.1 Å². The molecule has 2 atom stereocenters. The molecule has 1 aromatic carbocycles. The van der Waals surface area contributed by atoms with Crippen molar-refractivity contribution in [2.24, 2.45) is 11.7 Å². The first-order valence-corrected chi connectivity index (χ1v) is 11.3. The van der Waals surface area contributed by atoms with E-state index in [-0.39, 0.29) is 29.6 Å². The van der Waals surface area contributed by atoms with Gasteiger partial charge in [0.2, 0.25) is 5.91 Å². The second-order valence-corrected chi connectivity index (χ2v) is 10.4. The van der Waals surface area contributed by atoms with Crippen LogP contribution in [0.4, 0.5) is 0 Å². The number of nitrogens with two attached hydrogens (primary N) is 1. The van der Waals surface area contributed by atoms with Gasteiger partial charge in [0, 0.05) is 11.4 Å². The molecule has 1 saturated carbocycles. The first-order chi connectivity index (χ1) is 11.7. The molecule has 0 spiro atoms. The minimum absolute atomic E-state index is 0. The number of halogens is 1. The quantitative estimate of drug-likeness (QED) is 0.599. The number of thioether (sulfide) groups is 1. The van der Waals surface area contributed by atoms with Gasteiger partial charge in [-0.15, -0.1) is 24.2 Å². The van der Waals surface area contributed by atoms with E-state index in [1.54, 1.807) is 31.2 Å². The summed E-state index contributed by atoms with van der Waals surface area (Å²) < 4.78 is 24.9. The van der Waals surface area contributed by atoms with Crippen LogP contribution in [-0.4, -0.2) is 37.4 Å². The molecule has 3 N–H and O–H groups in total. The minimum Gasteiger partial charge on any atom is -0.348 e. The van der Waals surface area contributed by atoms with Crippen molar-refractivity contribution in [3.05, 3.63) is 24.3 Å². The summed E-state index contributed by atoms with van der Waals surface area (Å²) >= 11 is 1.28. The normalized spacial score (nSPS) is 17.7. The number of amides is 1. The fourth-order valence-corrected chi connectivity index (χ4v) is 5.68. The summed E-state index contributed by atoms with van der Waals surface area (Å²) in [4.78, 5) is 13.5. The van der Waals surface area contributed by atoms with E-state index in [1.807, 2.05) is 13.8 Å². The Morgan fingerprint density at radius 1 is 1.38 bits per heavy atom. The average Bonchev–Trinajstić information content (AvgIpc) is 3.40. The number of hydrogen-bond donors (Lipinski definition) is 2. The van der Waals surface area contributed by atoms with E-state index in [9.17, 15) is 13.2 Å². The Labute approximate surface area is 167 Å². The monoisotopic (exact) mass is 420 g/mol. The highest BCUT2D eigenvalue weighted by atomic mass is 35.5. The zero-order valence-electron chi connectivity index (χ0n) is 15.5. The third kappa shape index (κ3) is 5.62. The van der Waals surface area contributed by atoms with E-state index in [0.717, 1.165) is 12.8 Å². The van der Waals surface area contributed by atoms with Crippen molar-refractivity contribution in [2.75, 3.05) is 12.3 Å². The maximum Gasteiger partial charge on any atom is 0.233 e. The molecule has 1 fully saturated rings. The highest BCUT2D eigenvalue weighted by molar-refractivity contribution is 8.01. The van der Waals surface area contributed by atoms with Crippen molar-refractivity contribution in [1.82, 2.24) is 5.32 Å². The molecule has 0 aliphatic heterocycles. The Hall–Kier alpha value is -0.760. The van der Waals surface area contributed by atoms with E-state index in [1.165, 1.54) is 11.8 Å². The van der Waals surface area contributed by atoms with Crippen molar-refractivity contribution >= 4 is 39.9 Å². The van der Waals surface area contributed by atoms with Gasteiger partial charge in [-0.1, -0.05) is 19.1 Å². The predicted octanol–water partition coefficient (Wildman–Crippen LogP) is 3.02. The number of carbonyl (C=O) groups excluding carboxylic acids is 1. The van der Waals surface area contributed by atoms with E-state index < -0.39 is 15.1 Å². The van der Waals surface area contributed by atoms with Crippen molar-refractivity contribution in [1.29, 1.82) is 0 Å². The Morgan fingerprint density at radius 2 is 2.00 bits per heavy atom. The van der Waals surface area contributed by atoms with Gasteiger partial charge in [0.25, 0.3) is 0 Å². The maximum atomic E-state index is 12.6. The molecule has 5 nitrogen and oxygen atoms in total. The summed E-state index contributed by atoms with van der Waals surface area (Å²) in [5.74, 6) is 0.446. The van der Waals surface area contributed by atoms with Crippen LogP contribution in [0, 0.1) is 5.92 Å². The third-order valence-corrected chi connectivity index (χ3v) is 7.92. The summed E-state index contributed by atoms with van der Waals surface area (Å²) in [6, 6.07) is 6.90. The first-order valence-electron chi connectivity index (χ1n) is 8.74. The Morgan fingerprint density at radius 3 is 2.54 bits per heavy atom. The molecule has 1 aliphatic carbocycles. The minimum atomic E-state index is -3.33. The smallest absolute Gasteiger partial charge is 0.233 e. The molecule has 0 radical (unpaired) electrons. The number of benzene rings is 1. The number of carbonyl (C=O) groups is 1. The van der Waals surface area contributed by atoms with Crippen molar-refractivity contribution < 1.29 is 13.2 Å². The van der Waals surface area contributed by atoms with E-state index in [0.29, 0.717) is 28.7 Å². The predicted molar refractivity (Wildman–Crippen MR) is 110 cm³/mol. The lowest BCUT2D eigenvalue weighted by Crippen LogP contribution is -2.54. The number of sulfone groups is 1. The molecule has 26 heavy (non-hydrogen) atoms. The SMILES string of the molecule is CCCS(=O)(=O)c1ccccc1SC(C)C(=O)NC(C)(CN)C1CC1.Cl. The number of rotatable bonds is 9. The molecule has 148 valence electrons. The topological polar surface area (TPSA) is 89.3 Å². The summed E-state index contributed by atoms with van der Waals surface area (Å²) in [5.41, 5.74) is 5.49. The zero-order chi connectivity index (χ0) is 18.7. The van der Waals surface area contributed by atoms with Crippen LogP contribution < -0.4 is 11.1 Å². The lowest BCUT2D eigenvalue weighted by atomic mass is 9.96. The molecule has 0 bridgehead atoms. The highest BCUT2D eigenvalue weighted by Gasteiger charge is 2.42. The van der Waals surface area contributed by atoms with Gasteiger partial charge in [0.1, 0.15) is 0 Å². The van der Waals surface area contributed by atoms with E-state index in [2.05, 4.69) is 5.32 Å². The van der Waals surface area contributed by atoms with Crippen molar-refractivity contribution in [2.45, 2.75) is 60.6 Å². The zero-order valence-corrected chi connectivity index (χ0v) is 18.0. The van der Waals surface area contributed by atoms with Crippen LogP contribution >= 0.6 is 24.2 Å². The van der Waals surface area contributed by atoms with E-state index in [4.69, 9.17) is 5.73 Å². The van der Waals surface area contributed by atoms with Gasteiger partial charge in [0.15, 0.2) is 9.84 Å². The van der Waals surface area contributed by atoms with E-state index >= 15 is 0 Å². The fraction of sp³-hybridized carbons (Fsp3) is 0.611. The number of hydrogen-bond acceptors (Lipinski definition) is 5. The van der Waals surface area contributed by atoms with Crippen LogP contribution in [0.3, 0.4) is 0 Å². The molecule has 2 rings (SSSR count). The van der Waals surface area contributed by atoms with Gasteiger partial charge in [0.05, 0.1) is 21.4 Å². The second kappa shape index (κ2) is 9.44. The van der Waals surface area contributed by atoms with Crippen LogP contribution in [0.15, 0.2) is 34.1 Å². The molecule has 0 aromatic heterocycles. The van der Waals surface area contributed by atoms with Crippen molar-refractivity contribution in [3.8, 4) is 0 Å². The van der Waals surface area contributed by atoms with Gasteiger partial charge in [-0.3, -0.25) is 4.79 Å². The molecule has 1 amide bonds. The summed E-state index contributed by atoms with van der Waals surface area (Å²) in [7, 11) is -3.33. The van der Waals surface area contributed by atoms with Gasteiger partial charge in [-0.05, 0) is 51.2 Å². The van der Waals surface area contributed by atoms with Gasteiger partial charge in [-0.2, -0.15) is 0 Å². The molecule has 0 heterocycles. The summed E-state index contributed by atoms with van der Waals surface area (Å²) in [5, 5.41) is 2.67. The Kier molecular flexibility index (Phi) is 8.45. The van der Waals surface area contributed by atoms with Gasteiger partial charge in [-0.25, -0.2) is 8.42 Å². The molecule has 8 heteroatoms. The van der Waals surface area contributed by atoms with Crippen LogP contribution in [0.2, 0.25) is 0 Å². The molecule has 2 unspecified atom stereocenters. The lowest BCUT2D eigenvalue weighted by molar-refractivity contribution is -0.122. The Balaban J connectivity index is 0.00000338. The molecular formula is C18H29ClN2O3S2. The lowest BCUT2D eigenvalue weighted by Gasteiger charge is -2.31. The third-order valence-electron chi connectivity index (χ3n) is 4.64. The van der Waals surface area contributed by atoms with Crippen LogP contribution in [-0.2, 0) is 14.6 Å². The van der Waals surface area contributed by atoms with Crippen LogP contribution in [0.1, 0.15) is 40.0 Å². The van der Waals surface area contributed by atoms with Gasteiger partial charge >= 0.3 is 0 Å². The first kappa shape index (κ1) is 23.3. The summed E-state index contributed by atoms with van der Waals surface area (Å²) in [6.45, 7) is 6.03. The second-order valence-electron chi connectivity index (χ2n) is 6.91. The fourth-order valence-electron chi connectivity index (χ4n) is 2.85. The molecule has 1 aliphatic rings.